The molecule has 0 bridgehead atoms. The normalized spacial score (nSPS) is 12.0. The number of phenolic OH excluding ortho intramolecular Hbond substituents is 1. The molecule has 0 fully saturated rings. The summed E-state index contributed by atoms with van der Waals surface area (Å²) in [5.41, 5.74) is 0.605. The lowest BCUT2D eigenvalue weighted by molar-refractivity contribution is -0.148. The third-order valence-corrected chi connectivity index (χ3v) is 2.16. The zero-order valence-corrected chi connectivity index (χ0v) is 8.46. The molecule has 0 radical (unpaired) electrons. The lowest BCUT2D eigenvalue weighted by atomic mass is 9.96. The van der Waals surface area contributed by atoms with E-state index in [2.05, 4.69) is 0 Å². The van der Waals surface area contributed by atoms with Crippen LogP contribution in [0.3, 0.4) is 0 Å². The van der Waals surface area contributed by atoms with Crippen LogP contribution in [0.25, 0.3) is 0 Å². The minimum atomic E-state index is -1.15. The molecule has 0 aliphatic carbocycles. The maximum absolute atomic E-state index is 10.8. The predicted octanol–water partition coefficient (Wildman–Crippen LogP) is 1.11. The van der Waals surface area contributed by atoms with Gasteiger partial charge in [0.25, 0.3) is 0 Å². The van der Waals surface area contributed by atoms with Gasteiger partial charge in [-0.05, 0) is 24.1 Å². The minimum absolute atomic E-state index is 0.0389. The Morgan fingerprint density at radius 2 is 1.94 bits per heavy atom. The summed E-state index contributed by atoms with van der Waals surface area (Å²) in [5, 5.41) is 26.6. The summed E-state index contributed by atoms with van der Waals surface area (Å²) in [7, 11) is 0. The molecule has 0 aliphatic heterocycles. The molecule has 0 aromatic heterocycles. The lowest BCUT2D eigenvalue weighted by Gasteiger charge is -2.09. The van der Waals surface area contributed by atoms with Crippen molar-refractivity contribution in [2.24, 2.45) is 5.92 Å². The van der Waals surface area contributed by atoms with Crippen LogP contribution in [0.1, 0.15) is 12.0 Å². The Kier molecular flexibility index (Phi) is 3.88. The molecule has 0 saturated carbocycles. The highest BCUT2D eigenvalue weighted by molar-refractivity contribution is 5.78. The fraction of sp³-hybridized carbons (Fsp3) is 0.273. The van der Waals surface area contributed by atoms with E-state index in [1.165, 1.54) is 12.1 Å². The van der Waals surface area contributed by atoms with Gasteiger partial charge in [0, 0.05) is 0 Å². The van der Waals surface area contributed by atoms with Crippen LogP contribution in [0.2, 0.25) is 0 Å². The average Bonchev–Trinajstić information content (AvgIpc) is 2.15. The number of carbonyl (C=O) groups is 2. The van der Waals surface area contributed by atoms with Gasteiger partial charge in [0.15, 0.2) is 0 Å². The van der Waals surface area contributed by atoms with Gasteiger partial charge in [0.2, 0.25) is 0 Å². The number of hydrogen-bond donors (Lipinski definition) is 3. The summed E-state index contributed by atoms with van der Waals surface area (Å²) in [6, 6.07) is 6.14. The van der Waals surface area contributed by atoms with Crippen LogP contribution in [-0.4, -0.2) is 27.3 Å². The molecule has 1 aromatic rings. The molecule has 0 spiro atoms. The van der Waals surface area contributed by atoms with Crippen molar-refractivity contribution >= 4 is 11.9 Å². The number of rotatable bonds is 5. The number of aliphatic carboxylic acids is 2. The fourth-order valence-corrected chi connectivity index (χ4v) is 1.43. The van der Waals surface area contributed by atoms with Gasteiger partial charge in [-0.15, -0.1) is 0 Å². The molecule has 1 rings (SSSR count). The third kappa shape index (κ3) is 3.61. The standard InChI is InChI=1S/C11H12O5/c12-9-3-1-2-7(5-9)4-8(11(15)16)6-10(13)14/h1-3,5,8,12H,4,6H2,(H,13,14)(H,15,16). The quantitative estimate of drug-likeness (QED) is 0.696. The van der Waals surface area contributed by atoms with Crippen LogP contribution >= 0.6 is 0 Å². The van der Waals surface area contributed by atoms with E-state index in [0.29, 0.717) is 5.56 Å². The highest BCUT2D eigenvalue weighted by atomic mass is 16.4. The van der Waals surface area contributed by atoms with Gasteiger partial charge in [0.1, 0.15) is 5.75 Å². The number of carboxylic acids is 2. The highest BCUT2D eigenvalue weighted by Crippen LogP contribution is 2.17. The zero-order chi connectivity index (χ0) is 12.1. The fourth-order valence-electron chi connectivity index (χ4n) is 1.43. The van der Waals surface area contributed by atoms with Gasteiger partial charge in [-0.3, -0.25) is 9.59 Å². The molecule has 16 heavy (non-hydrogen) atoms. The molecule has 1 atom stereocenters. The first-order valence-electron chi connectivity index (χ1n) is 4.71. The zero-order valence-electron chi connectivity index (χ0n) is 8.46. The van der Waals surface area contributed by atoms with Gasteiger partial charge < -0.3 is 15.3 Å². The van der Waals surface area contributed by atoms with E-state index in [4.69, 9.17) is 10.2 Å². The second-order valence-electron chi connectivity index (χ2n) is 3.51. The van der Waals surface area contributed by atoms with E-state index >= 15 is 0 Å². The van der Waals surface area contributed by atoms with Crippen LogP contribution < -0.4 is 0 Å². The van der Waals surface area contributed by atoms with Crippen LogP contribution in [0.4, 0.5) is 0 Å². The minimum Gasteiger partial charge on any atom is -0.508 e. The van der Waals surface area contributed by atoms with Gasteiger partial charge in [0.05, 0.1) is 12.3 Å². The van der Waals surface area contributed by atoms with Gasteiger partial charge >= 0.3 is 11.9 Å². The Bertz CT molecular complexity index is 399. The summed E-state index contributed by atoms with van der Waals surface area (Å²) in [5.74, 6) is -3.23. The third-order valence-electron chi connectivity index (χ3n) is 2.16. The van der Waals surface area contributed by atoms with Gasteiger partial charge in [-0.25, -0.2) is 0 Å². The van der Waals surface area contributed by atoms with Crippen molar-refractivity contribution in [2.75, 3.05) is 0 Å². The molecule has 1 unspecified atom stereocenters. The van der Waals surface area contributed by atoms with E-state index in [0.717, 1.165) is 0 Å². The number of hydrogen-bond acceptors (Lipinski definition) is 3. The second kappa shape index (κ2) is 5.16. The average molecular weight is 224 g/mol. The van der Waals surface area contributed by atoms with Crippen molar-refractivity contribution in [2.45, 2.75) is 12.8 Å². The Hall–Kier alpha value is -2.04. The maximum atomic E-state index is 10.8. The molecule has 0 saturated heterocycles. The van der Waals surface area contributed by atoms with Gasteiger partial charge in [-0.2, -0.15) is 0 Å². The van der Waals surface area contributed by atoms with Gasteiger partial charge in [-0.1, -0.05) is 12.1 Å². The summed E-state index contributed by atoms with van der Waals surface area (Å²) in [6.07, 6.45) is -0.332. The van der Waals surface area contributed by atoms with Crippen molar-refractivity contribution < 1.29 is 24.9 Å². The Balaban J connectivity index is 2.75. The first-order valence-corrected chi connectivity index (χ1v) is 4.71. The Morgan fingerprint density at radius 3 is 2.44 bits per heavy atom. The maximum Gasteiger partial charge on any atom is 0.307 e. The molecule has 0 aliphatic rings. The van der Waals surface area contributed by atoms with Crippen LogP contribution in [0, 0.1) is 5.92 Å². The summed E-state index contributed by atoms with van der Waals surface area (Å²) in [6.45, 7) is 0. The SMILES string of the molecule is O=C(O)CC(Cc1cccc(O)c1)C(=O)O. The molecule has 5 nitrogen and oxygen atoms in total. The van der Waals surface area contributed by atoms with Crippen LogP contribution in [-0.2, 0) is 16.0 Å². The van der Waals surface area contributed by atoms with Crippen molar-refractivity contribution in [3.05, 3.63) is 29.8 Å². The molecule has 3 N–H and O–H groups in total. The Labute approximate surface area is 92.0 Å². The van der Waals surface area contributed by atoms with Crippen molar-refractivity contribution in [3.63, 3.8) is 0 Å². The predicted molar refractivity (Wildman–Crippen MR) is 55.2 cm³/mol. The van der Waals surface area contributed by atoms with E-state index in [1.807, 2.05) is 0 Å². The summed E-state index contributed by atoms with van der Waals surface area (Å²) < 4.78 is 0. The molecule has 86 valence electrons. The molecule has 0 heterocycles. The smallest absolute Gasteiger partial charge is 0.307 e. The van der Waals surface area contributed by atoms with Crippen molar-refractivity contribution in [1.82, 2.24) is 0 Å². The molecule has 1 aromatic carbocycles. The number of benzene rings is 1. The summed E-state index contributed by atoms with van der Waals surface area (Å²) in [4.78, 5) is 21.3. The monoisotopic (exact) mass is 224 g/mol. The topological polar surface area (TPSA) is 94.8 Å². The van der Waals surface area contributed by atoms with E-state index in [9.17, 15) is 14.7 Å². The van der Waals surface area contributed by atoms with Crippen molar-refractivity contribution in [3.8, 4) is 5.75 Å². The second-order valence-corrected chi connectivity index (χ2v) is 3.51. The molecular formula is C11H12O5. The first kappa shape index (κ1) is 12.0. The highest BCUT2D eigenvalue weighted by Gasteiger charge is 2.21. The molecular weight excluding hydrogens is 212 g/mol. The molecule has 0 amide bonds. The first-order chi connectivity index (χ1) is 7.49. The Morgan fingerprint density at radius 1 is 1.25 bits per heavy atom. The van der Waals surface area contributed by atoms with E-state index < -0.39 is 24.3 Å². The lowest BCUT2D eigenvalue weighted by Crippen LogP contribution is -2.20. The summed E-state index contributed by atoms with van der Waals surface area (Å²) >= 11 is 0. The van der Waals surface area contributed by atoms with Crippen molar-refractivity contribution in [1.29, 1.82) is 0 Å². The van der Waals surface area contributed by atoms with Crippen LogP contribution in [0.15, 0.2) is 24.3 Å². The number of aromatic hydroxyl groups is 1. The largest absolute Gasteiger partial charge is 0.508 e. The number of phenols is 1. The molecule has 5 heteroatoms. The number of carboxylic acid groups (broad SMARTS) is 2. The van der Waals surface area contributed by atoms with E-state index in [-0.39, 0.29) is 12.2 Å². The van der Waals surface area contributed by atoms with E-state index in [1.54, 1.807) is 12.1 Å². The van der Waals surface area contributed by atoms with Crippen LogP contribution in [0.5, 0.6) is 5.75 Å².